The topological polar surface area (TPSA) is 57.7 Å². The van der Waals surface area contributed by atoms with Gasteiger partial charge in [0.15, 0.2) is 0 Å². The van der Waals surface area contributed by atoms with Crippen LogP contribution in [-0.2, 0) is 9.59 Å². The molecule has 0 N–H and O–H groups in total. The standard InChI is InChI=1S/C19H18N2O3S/c1-12(2)17-18(23)21(19(24)25-17)11-16(22)20(3)15-10-6-8-13-7-4-5-9-14(13)15/h4-10H,11H2,1-3H3. The predicted molar refractivity (Wildman–Crippen MR) is 100 cm³/mol. The summed E-state index contributed by atoms with van der Waals surface area (Å²) in [5.41, 5.74) is 1.53. The van der Waals surface area contributed by atoms with E-state index < -0.39 is 11.1 Å². The number of likely N-dealkylation sites (N-methyl/N-ethyl adjacent to an activating group) is 1. The first-order valence-electron chi connectivity index (χ1n) is 7.85. The minimum Gasteiger partial charge on any atom is -0.313 e. The van der Waals surface area contributed by atoms with Crippen molar-refractivity contribution in [3.8, 4) is 0 Å². The summed E-state index contributed by atoms with van der Waals surface area (Å²) in [6.07, 6.45) is 0. The van der Waals surface area contributed by atoms with Gasteiger partial charge in [0.05, 0.1) is 10.6 Å². The second kappa shape index (κ2) is 6.72. The monoisotopic (exact) mass is 354 g/mol. The number of fused-ring (bicyclic) bond motifs is 1. The van der Waals surface area contributed by atoms with Gasteiger partial charge in [-0.2, -0.15) is 0 Å². The van der Waals surface area contributed by atoms with Gasteiger partial charge in [0.25, 0.3) is 11.1 Å². The normalized spacial score (nSPS) is 14.4. The summed E-state index contributed by atoms with van der Waals surface area (Å²) in [4.78, 5) is 40.0. The Hall–Kier alpha value is -2.60. The fourth-order valence-electron chi connectivity index (χ4n) is 2.72. The molecule has 1 fully saturated rings. The van der Waals surface area contributed by atoms with Crippen LogP contribution in [0.25, 0.3) is 10.8 Å². The first-order chi connectivity index (χ1) is 11.9. The summed E-state index contributed by atoms with van der Waals surface area (Å²) in [5, 5.41) is 1.57. The summed E-state index contributed by atoms with van der Waals surface area (Å²) in [7, 11) is 1.66. The molecule has 2 aromatic carbocycles. The molecule has 128 valence electrons. The smallest absolute Gasteiger partial charge is 0.294 e. The highest BCUT2D eigenvalue weighted by Crippen LogP contribution is 2.33. The maximum Gasteiger partial charge on any atom is 0.294 e. The third-order valence-electron chi connectivity index (χ3n) is 4.10. The lowest BCUT2D eigenvalue weighted by atomic mass is 10.1. The molecule has 0 aliphatic carbocycles. The third kappa shape index (κ3) is 3.17. The second-order valence-electron chi connectivity index (χ2n) is 6.04. The average molecular weight is 354 g/mol. The molecule has 25 heavy (non-hydrogen) atoms. The molecule has 1 saturated heterocycles. The molecule has 0 radical (unpaired) electrons. The number of thioether (sulfide) groups is 1. The van der Waals surface area contributed by atoms with Gasteiger partial charge in [-0.1, -0.05) is 42.0 Å². The van der Waals surface area contributed by atoms with E-state index in [1.165, 1.54) is 4.90 Å². The van der Waals surface area contributed by atoms with Gasteiger partial charge in [0, 0.05) is 12.4 Å². The number of anilines is 1. The molecule has 0 saturated carbocycles. The minimum absolute atomic E-state index is 0.263. The number of hydrogen-bond donors (Lipinski definition) is 0. The number of amides is 3. The number of benzene rings is 2. The van der Waals surface area contributed by atoms with Gasteiger partial charge in [-0.15, -0.1) is 0 Å². The van der Waals surface area contributed by atoms with E-state index in [1.807, 2.05) is 42.5 Å². The first-order valence-corrected chi connectivity index (χ1v) is 8.67. The summed E-state index contributed by atoms with van der Waals surface area (Å²) in [6.45, 7) is 3.29. The number of imide groups is 1. The van der Waals surface area contributed by atoms with Gasteiger partial charge < -0.3 is 4.90 Å². The van der Waals surface area contributed by atoms with Crippen LogP contribution in [0.15, 0.2) is 52.9 Å². The van der Waals surface area contributed by atoms with Crippen LogP contribution in [0.3, 0.4) is 0 Å². The molecule has 0 bridgehead atoms. The third-order valence-corrected chi connectivity index (χ3v) is 5.28. The van der Waals surface area contributed by atoms with Crippen LogP contribution in [0.4, 0.5) is 10.5 Å². The number of allylic oxidation sites excluding steroid dienone is 1. The van der Waals surface area contributed by atoms with E-state index in [0.717, 1.165) is 38.7 Å². The molecule has 2 aromatic rings. The van der Waals surface area contributed by atoms with Crippen molar-refractivity contribution in [2.45, 2.75) is 13.8 Å². The van der Waals surface area contributed by atoms with Crippen molar-refractivity contribution in [1.29, 1.82) is 0 Å². The zero-order chi connectivity index (χ0) is 18.1. The van der Waals surface area contributed by atoms with Crippen LogP contribution in [0.1, 0.15) is 13.8 Å². The van der Waals surface area contributed by atoms with Crippen molar-refractivity contribution in [3.05, 3.63) is 52.9 Å². The molecule has 5 nitrogen and oxygen atoms in total. The molecular formula is C19H18N2O3S. The second-order valence-corrected chi connectivity index (χ2v) is 7.00. The van der Waals surface area contributed by atoms with Crippen LogP contribution in [0.2, 0.25) is 0 Å². The van der Waals surface area contributed by atoms with Gasteiger partial charge in [-0.3, -0.25) is 19.3 Å². The van der Waals surface area contributed by atoms with Crippen molar-refractivity contribution < 1.29 is 14.4 Å². The van der Waals surface area contributed by atoms with Crippen LogP contribution in [-0.4, -0.2) is 35.5 Å². The number of carbonyl (C=O) groups excluding carboxylic acids is 3. The molecule has 3 amide bonds. The Kier molecular flexibility index (Phi) is 4.63. The van der Waals surface area contributed by atoms with Crippen LogP contribution in [0, 0.1) is 0 Å². The molecule has 3 rings (SSSR count). The summed E-state index contributed by atoms with van der Waals surface area (Å²) < 4.78 is 0. The lowest BCUT2D eigenvalue weighted by Crippen LogP contribution is -2.40. The van der Waals surface area contributed by atoms with E-state index in [4.69, 9.17) is 0 Å². The Morgan fingerprint density at radius 2 is 1.76 bits per heavy atom. The highest BCUT2D eigenvalue weighted by Gasteiger charge is 2.37. The largest absolute Gasteiger partial charge is 0.313 e. The maximum absolute atomic E-state index is 12.7. The zero-order valence-corrected chi connectivity index (χ0v) is 15.1. The van der Waals surface area contributed by atoms with E-state index >= 15 is 0 Å². The average Bonchev–Trinajstić information content (AvgIpc) is 2.89. The van der Waals surface area contributed by atoms with E-state index in [1.54, 1.807) is 20.9 Å². The number of hydrogen-bond acceptors (Lipinski definition) is 4. The van der Waals surface area contributed by atoms with Crippen molar-refractivity contribution in [2.24, 2.45) is 0 Å². The molecule has 0 unspecified atom stereocenters. The quantitative estimate of drug-likeness (QED) is 0.787. The molecule has 1 heterocycles. The van der Waals surface area contributed by atoms with Crippen LogP contribution in [0.5, 0.6) is 0 Å². The van der Waals surface area contributed by atoms with Crippen molar-refractivity contribution >= 4 is 45.3 Å². The Labute approximate surface area is 150 Å². The number of carbonyl (C=O) groups is 3. The van der Waals surface area contributed by atoms with Gasteiger partial charge in [-0.05, 0) is 37.1 Å². The Morgan fingerprint density at radius 1 is 1.08 bits per heavy atom. The molecular weight excluding hydrogens is 336 g/mol. The molecule has 0 atom stereocenters. The fraction of sp³-hybridized carbons (Fsp3) is 0.211. The summed E-state index contributed by atoms with van der Waals surface area (Å²) in [6, 6.07) is 13.5. The zero-order valence-electron chi connectivity index (χ0n) is 14.3. The van der Waals surface area contributed by atoms with Gasteiger partial charge in [-0.25, -0.2) is 0 Å². The molecule has 6 heteroatoms. The number of rotatable bonds is 3. The van der Waals surface area contributed by atoms with Crippen LogP contribution < -0.4 is 4.90 Å². The first kappa shape index (κ1) is 17.2. The Balaban J connectivity index is 1.85. The van der Waals surface area contributed by atoms with E-state index in [-0.39, 0.29) is 12.5 Å². The molecule has 1 aliphatic rings. The number of nitrogens with zero attached hydrogens (tertiary/aromatic N) is 2. The highest BCUT2D eigenvalue weighted by atomic mass is 32.2. The Morgan fingerprint density at radius 3 is 2.44 bits per heavy atom. The van der Waals surface area contributed by atoms with Gasteiger partial charge in [0.2, 0.25) is 5.91 Å². The lowest BCUT2D eigenvalue weighted by molar-refractivity contribution is -0.128. The predicted octanol–water partition coefficient (Wildman–Crippen LogP) is 3.79. The fourth-order valence-corrected chi connectivity index (χ4v) is 3.55. The lowest BCUT2D eigenvalue weighted by Gasteiger charge is -2.21. The summed E-state index contributed by atoms with van der Waals surface area (Å²) >= 11 is 0.888. The Bertz CT molecular complexity index is 911. The SMILES string of the molecule is CC(C)=C1SC(=O)N(CC(=O)N(C)c2cccc3ccccc23)C1=O. The minimum atomic E-state index is -0.402. The van der Waals surface area contributed by atoms with E-state index in [2.05, 4.69) is 0 Å². The van der Waals surface area contributed by atoms with Crippen molar-refractivity contribution in [3.63, 3.8) is 0 Å². The van der Waals surface area contributed by atoms with Gasteiger partial charge in [0.1, 0.15) is 6.54 Å². The summed E-state index contributed by atoms with van der Waals surface area (Å²) in [5.74, 6) is -0.705. The van der Waals surface area contributed by atoms with Crippen molar-refractivity contribution in [2.75, 3.05) is 18.5 Å². The molecule has 0 aromatic heterocycles. The highest BCUT2D eigenvalue weighted by molar-refractivity contribution is 8.18. The van der Waals surface area contributed by atoms with Crippen molar-refractivity contribution in [1.82, 2.24) is 4.90 Å². The molecule has 0 spiro atoms. The van der Waals surface area contributed by atoms with E-state index in [9.17, 15) is 14.4 Å². The molecule has 1 aliphatic heterocycles. The maximum atomic E-state index is 12.7. The van der Waals surface area contributed by atoms with Crippen LogP contribution >= 0.6 is 11.8 Å². The van der Waals surface area contributed by atoms with E-state index in [0.29, 0.717) is 4.91 Å². The van der Waals surface area contributed by atoms with Gasteiger partial charge >= 0.3 is 0 Å².